The predicted octanol–water partition coefficient (Wildman–Crippen LogP) is 14.4. The second-order valence-electron chi connectivity index (χ2n) is 14.4. The van der Waals surface area contributed by atoms with Gasteiger partial charge < -0.3 is 4.57 Å². The smallest absolute Gasteiger partial charge is 0.164 e. The number of thiophene rings is 2. The zero-order chi connectivity index (χ0) is 37.5. The molecule has 57 heavy (non-hydrogen) atoms. The molecule has 12 rings (SSSR count). The minimum Gasteiger partial charge on any atom is -0.309 e. The maximum atomic E-state index is 5.00. The molecule has 0 fully saturated rings. The van der Waals surface area contributed by atoms with E-state index in [0.29, 0.717) is 17.5 Å². The van der Waals surface area contributed by atoms with Crippen LogP contribution in [-0.4, -0.2) is 19.5 Å². The van der Waals surface area contributed by atoms with Gasteiger partial charge in [0.05, 0.1) is 11.0 Å². The second kappa shape index (κ2) is 12.8. The van der Waals surface area contributed by atoms with E-state index in [-0.39, 0.29) is 0 Å². The Balaban J connectivity index is 0.987. The van der Waals surface area contributed by atoms with Gasteiger partial charge in [-0.05, 0) is 65.7 Å². The molecular formula is C51H30N4S2. The summed E-state index contributed by atoms with van der Waals surface area (Å²) in [6, 6.07) is 65.0. The molecule has 0 unspecified atom stereocenters. The molecular weight excluding hydrogens is 733 g/mol. The van der Waals surface area contributed by atoms with Crippen LogP contribution in [-0.2, 0) is 0 Å². The van der Waals surface area contributed by atoms with Crippen molar-refractivity contribution in [3.8, 4) is 51.0 Å². The lowest BCUT2D eigenvalue weighted by Crippen LogP contribution is -1.99. The van der Waals surface area contributed by atoms with Crippen LogP contribution in [0.25, 0.3) is 113 Å². The van der Waals surface area contributed by atoms with Gasteiger partial charge in [-0.15, -0.1) is 22.7 Å². The second-order valence-corrected chi connectivity index (χ2v) is 16.6. The molecule has 6 heteroatoms. The highest BCUT2D eigenvalue weighted by atomic mass is 32.1. The number of para-hydroxylation sites is 2. The zero-order valence-electron chi connectivity index (χ0n) is 30.4. The largest absolute Gasteiger partial charge is 0.309 e. The number of hydrogen-bond acceptors (Lipinski definition) is 5. The topological polar surface area (TPSA) is 43.6 Å². The van der Waals surface area contributed by atoms with Crippen LogP contribution in [0, 0.1) is 0 Å². The molecule has 0 saturated carbocycles. The molecule has 0 spiro atoms. The maximum Gasteiger partial charge on any atom is 0.164 e. The summed E-state index contributed by atoms with van der Waals surface area (Å²) in [6.07, 6.45) is 0. The van der Waals surface area contributed by atoms with Crippen molar-refractivity contribution in [1.82, 2.24) is 19.5 Å². The number of benzene rings is 8. The Morgan fingerprint density at radius 1 is 0.333 bits per heavy atom. The van der Waals surface area contributed by atoms with Crippen LogP contribution >= 0.6 is 22.7 Å². The van der Waals surface area contributed by atoms with Crippen molar-refractivity contribution < 1.29 is 0 Å². The molecule has 4 heterocycles. The molecule has 12 aromatic rings. The Bertz CT molecular complexity index is 3410. The summed E-state index contributed by atoms with van der Waals surface area (Å²) in [5, 5.41) is 7.63. The van der Waals surface area contributed by atoms with E-state index < -0.39 is 0 Å². The third kappa shape index (κ3) is 5.22. The van der Waals surface area contributed by atoms with E-state index in [1.54, 1.807) is 0 Å². The Kier molecular flexibility index (Phi) is 7.24. The third-order valence-corrected chi connectivity index (χ3v) is 13.3. The summed E-state index contributed by atoms with van der Waals surface area (Å²) in [7, 11) is 0. The van der Waals surface area contributed by atoms with Crippen molar-refractivity contribution >= 4 is 84.8 Å². The molecule has 0 saturated heterocycles. The predicted molar refractivity (Wildman–Crippen MR) is 242 cm³/mol. The molecule has 0 aliphatic heterocycles. The van der Waals surface area contributed by atoms with Crippen molar-refractivity contribution in [3.63, 3.8) is 0 Å². The van der Waals surface area contributed by atoms with Gasteiger partial charge in [-0.25, -0.2) is 15.0 Å². The first-order valence-electron chi connectivity index (χ1n) is 19.0. The van der Waals surface area contributed by atoms with Gasteiger partial charge in [0.1, 0.15) is 0 Å². The van der Waals surface area contributed by atoms with Gasteiger partial charge >= 0.3 is 0 Å². The fraction of sp³-hybridized carbons (Fsp3) is 0. The first-order valence-corrected chi connectivity index (χ1v) is 20.6. The normalized spacial score (nSPS) is 11.9. The van der Waals surface area contributed by atoms with Crippen LogP contribution in [0.1, 0.15) is 0 Å². The van der Waals surface area contributed by atoms with E-state index in [9.17, 15) is 0 Å². The molecule has 0 N–H and O–H groups in total. The quantitative estimate of drug-likeness (QED) is 0.175. The van der Waals surface area contributed by atoms with Crippen molar-refractivity contribution in [2.24, 2.45) is 0 Å². The van der Waals surface area contributed by atoms with Crippen molar-refractivity contribution in [3.05, 3.63) is 182 Å². The Labute approximate surface area is 335 Å². The van der Waals surface area contributed by atoms with E-state index in [2.05, 4.69) is 126 Å². The molecule has 0 atom stereocenters. The van der Waals surface area contributed by atoms with Crippen LogP contribution in [0.4, 0.5) is 0 Å². The third-order valence-electron chi connectivity index (χ3n) is 11.1. The van der Waals surface area contributed by atoms with Gasteiger partial charge in [-0.2, -0.15) is 0 Å². The molecule has 266 valence electrons. The summed E-state index contributed by atoms with van der Waals surface area (Å²) in [6.45, 7) is 0. The zero-order valence-corrected chi connectivity index (χ0v) is 32.1. The SMILES string of the molecule is c1ccc(-c2nc(-c3ccccc3)nc(-c3ccc4c(c3)sc3ccc(-c5cccc6sc7ccc(-n8c9ccccc9c9ccccc98)cc7c56)cc34)n2)cc1. The molecule has 0 amide bonds. The Hall–Kier alpha value is -6.99. The first kappa shape index (κ1) is 32.3. The van der Waals surface area contributed by atoms with Gasteiger partial charge in [0.15, 0.2) is 17.5 Å². The van der Waals surface area contributed by atoms with E-state index >= 15 is 0 Å². The summed E-state index contributed by atoms with van der Waals surface area (Å²) >= 11 is 3.68. The molecule has 0 bridgehead atoms. The van der Waals surface area contributed by atoms with Gasteiger partial charge in [0.25, 0.3) is 0 Å². The standard InChI is InChI=1S/C51H30N4S2/c1-3-12-31(13-4-1)49-52-50(32-14-5-2-6-15-32)54-51(53-49)34-22-25-39-40-28-33(23-26-44(40)57-47(39)29-34)36-18-11-21-46-48(36)41-30-35(24-27-45(41)56-46)55-42-19-9-7-16-37(42)38-17-8-10-20-43(38)55/h1-30H. The average Bonchev–Trinajstić information content (AvgIpc) is 3.95. The number of hydrogen-bond donors (Lipinski definition) is 0. The average molecular weight is 763 g/mol. The Morgan fingerprint density at radius 2 is 0.912 bits per heavy atom. The fourth-order valence-corrected chi connectivity index (χ4v) is 10.7. The molecule has 0 radical (unpaired) electrons. The van der Waals surface area contributed by atoms with Gasteiger partial charge in [0, 0.05) is 73.5 Å². The first-order chi connectivity index (χ1) is 28.2. The highest BCUT2D eigenvalue weighted by Crippen LogP contribution is 2.44. The van der Waals surface area contributed by atoms with Crippen molar-refractivity contribution in [1.29, 1.82) is 0 Å². The lowest BCUT2D eigenvalue weighted by atomic mass is 9.97. The van der Waals surface area contributed by atoms with Crippen LogP contribution in [0.3, 0.4) is 0 Å². The van der Waals surface area contributed by atoms with Crippen molar-refractivity contribution in [2.45, 2.75) is 0 Å². The lowest BCUT2D eigenvalue weighted by molar-refractivity contribution is 1.07. The monoisotopic (exact) mass is 762 g/mol. The van der Waals surface area contributed by atoms with Crippen LogP contribution in [0.15, 0.2) is 182 Å². The fourth-order valence-electron chi connectivity index (χ4n) is 8.42. The Morgan fingerprint density at radius 3 is 1.61 bits per heavy atom. The molecule has 4 aromatic heterocycles. The number of rotatable bonds is 5. The van der Waals surface area contributed by atoms with Crippen molar-refractivity contribution in [2.75, 3.05) is 0 Å². The maximum absolute atomic E-state index is 5.00. The molecule has 4 nitrogen and oxygen atoms in total. The summed E-state index contributed by atoms with van der Waals surface area (Å²) in [5.74, 6) is 2.00. The summed E-state index contributed by atoms with van der Waals surface area (Å²) in [4.78, 5) is 14.9. The van der Waals surface area contributed by atoms with Crippen LogP contribution < -0.4 is 0 Å². The molecule has 0 aliphatic carbocycles. The van der Waals surface area contributed by atoms with Crippen LogP contribution in [0.5, 0.6) is 0 Å². The summed E-state index contributed by atoms with van der Waals surface area (Å²) < 4.78 is 7.46. The number of nitrogens with zero attached hydrogens (tertiary/aromatic N) is 4. The van der Waals surface area contributed by atoms with E-state index in [4.69, 9.17) is 15.0 Å². The number of fused-ring (bicyclic) bond motifs is 9. The summed E-state index contributed by atoms with van der Waals surface area (Å²) in [5.41, 5.74) is 8.99. The minimum absolute atomic E-state index is 0.665. The molecule has 8 aromatic carbocycles. The van der Waals surface area contributed by atoms with Crippen LogP contribution in [0.2, 0.25) is 0 Å². The van der Waals surface area contributed by atoms with Gasteiger partial charge in [-0.1, -0.05) is 127 Å². The minimum atomic E-state index is 0.665. The van der Waals surface area contributed by atoms with E-state index in [1.165, 1.54) is 79.0 Å². The highest BCUT2D eigenvalue weighted by Gasteiger charge is 2.18. The van der Waals surface area contributed by atoms with Gasteiger partial charge in [0.2, 0.25) is 0 Å². The van der Waals surface area contributed by atoms with E-state index in [0.717, 1.165) is 16.7 Å². The lowest BCUT2D eigenvalue weighted by Gasteiger charge is -2.09. The van der Waals surface area contributed by atoms with E-state index in [1.807, 2.05) is 83.3 Å². The number of aromatic nitrogens is 4. The van der Waals surface area contributed by atoms with Gasteiger partial charge in [-0.3, -0.25) is 0 Å². The highest BCUT2D eigenvalue weighted by molar-refractivity contribution is 7.26. The molecule has 0 aliphatic rings.